The summed E-state index contributed by atoms with van der Waals surface area (Å²) in [5, 5.41) is 0.517. The second-order valence-corrected chi connectivity index (χ2v) is 4.91. The molecule has 2 nitrogen and oxygen atoms in total. The monoisotopic (exact) mass is 312 g/mol. The van der Waals surface area contributed by atoms with Gasteiger partial charge in [-0.15, -0.1) is 11.6 Å². The fourth-order valence-electron chi connectivity index (χ4n) is 2.13. The van der Waals surface area contributed by atoms with Gasteiger partial charge in [0.15, 0.2) is 11.6 Å². The van der Waals surface area contributed by atoms with E-state index < -0.39 is 11.6 Å². The lowest BCUT2D eigenvalue weighted by Gasteiger charge is -2.09. The molecule has 6 heteroatoms. The number of nitrogens with zero attached hydrogens (tertiary/aromatic N) is 2. The predicted molar refractivity (Wildman–Crippen MR) is 75.6 cm³/mol. The lowest BCUT2D eigenvalue weighted by molar-refractivity contribution is 0.504. The molecule has 0 radical (unpaired) electrons. The molecule has 0 saturated heterocycles. The second kappa shape index (κ2) is 5.04. The third-order valence-electron chi connectivity index (χ3n) is 2.98. The quantitative estimate of drug-likeness (QED) is 0.627. The maximum atomic E-state index is 14.0. The standard InChI is InChI=1S/C14H8Cl2F2N2/c15-7-13-19-10-6-8(16)4-5-11(10)20(13)12-3-1-2-9(17)14(12)18/h1-6H,7H2. The van der Waals surface area contributed by atoms with Crippen LogP contribution in [0.1, 0.15) is 5.82 Å². The van der Waals surface area contributed by atoms with Crippen LogP contribution in [-0.4, -0.2) is 9.55 Å². The van der Waals surface area contributed by atoms with Gasteiger partial charge < -0.3 is 0 Å². The Balaban J connectivity index is 2.37. The van der Waals surface area contributed by atoms with Crippen molar-refractivity contribution in [1.82, 2.24) is 9.55 Å². The average Bonchev–Trinajstić information content (AvgIpc) is 2.79. The van der Waals surface area contributed by atoms with Crippen LogP contribution >= 0.6 is 23.2 Å². The minimum atomic E-state index is -0.937. The number of alkyl halides is 1. The van der Waals surface area contributed by atoms with Gasteiger partial charge in [0.1, 0.15) is 5.82 Å². The highest BCUT2D eigenvalue weighted by Gasteiger charge is 2.17. The summed E-state index contributed by atoms with van der Waals surface area (Å²) in [6.45, 7) is 0. The molecule has 0 fully saturated rings. The first-order chi connectivity index (χ1) is 9.61. The van der Waals surface area contributed by atoms with Crippen molar-refractivity contribution in [3.05, 3.63) is 58.9 Å². The molecule has 2 aromatic carbocycles. The van der Waals surface area contributed by atoms with Gasteiger partial charge in [-0.25, -0.2) is 13.8 Å². The van der Waals surface area contributed by atoms with E-state index in [4.69, 9.17) is 23.2 Å². The van der Waals surface area contributed by atoms with Crippen molar-refractivity contribution >= 4 is 34.2 Å². The number of imidazole rings is 1. The van der Waals surface area contributed by atoms with E-state index in [2.05, 4.69) is 4.98 Å². The van der Waals surface area contributed by atoms with E-state index in [0.717, 1.165) is 6.07 Å². The number of hydrogen-bond donors (Lipinski definition) is 0. The van der Waals surface area contributed by atoms with Crippen LogP contribution in [0.15, 0.2) is 36.4 Å². The summed E-state index contributed by atoms with van der Waals surface area (Å²) in [6, 6.07) is 9.00. The number of hydrogen-bond acceptors (Lipinski definition) is 1. The molecule has 1 aromatic heterocycles. The number of fused-ring (bicyclic) bond motifs is 1. The summed E-state index contributed by atoms with van der Waals surface area (Å²) >= 11 is 11.8. The Kier molecular flexibility index (Phi) is 3.36. The van der Waals surface area contributed by atoms with E-state index in [-0.39, 0.29) is 11.6 Å². The summed E-state index contributed by atoms with van der Waals surface area (Å²) in [4.78, 5) is 4.30. The van der Waals surface area contributed by atoms with Gasteiger partial charge in [0.05, 0.1) is 22.6 Å². The highest BCUT2D eigenvalue weighted by atomic mass is 35.5. The molecule has 0 bridgehead atoms. The van der Waals surface area contributed by atoms with Crippen LogP contribution in [0.25, 0.3) is 16.7 Å². The Morgan fingerprint density at radius 3 is 2.70 bits per heavy atom. The van der Waals surface area contributed by atoms with Crippen LogP contribution < -0.4 is 0 Å². The highest BCUT2D eigenvalue weighted by Crippen LogP contribution is 2.27. The van der Waals surface area contributed by atoms with Crippen LogP contribution in [0.2, 0.25) is 5.02 Å². The molecule has 0 atom stereocenters. The van der Waals surface area contributed by atoms with Crippen molar-refractivity contribution in [1.29, 1.82) is 0 Å². The number of halogens is 4. The third-order valence-corrected chi connectivity index (χ3v) is 3.45. The van der Waals surface area contributed by atoms with E-state index in [1.54, 1.807) is 18.2 Å². The topological polar surface area (TPSA) is 17.8 Å². The second-order valence-electron chi connectivity index (χ2n) is 4.20. The molecular formula is C14H8Cl2F2N2. The van der Waals surface area contributed by atoms with E-state index >= 15 is 0 Å². The van der Waals surface area contributed by atoms with Gasteiger partial charge in [0.25, 0.3) is 0 Å². The first kappa shape index (κ1) is 13.3. The Morgan fingerprint density at radius 2 is 1.95 bits per heavy atom. The zero-order chi connectivity index (χ0) is 14.3. The maximum absolute atomic E-state index is 14.0. The normalized spacial score (nSPS) is 11.2. The van der Waals surface area contributed by atoms with Gasteiger partial charge in [-0.1, -0.05) is 17.7 Å². The number of rotatable bonds is 2. The van der Waals surface area contributed by atoms with Gasteiger partial charge in [0.2, 0.25) is 0 Å². The fraction of sp³-hybridized carbons (Fsp3) is 0.0714. The summed E-state index contributed by atoms with van der Waals surface area (Å²) in [5.74, 6) is -1.36. The minimum Gasteiger partial charge on any atom is -0.292 e. The lowest BCUT2D eigenvalue weighted by Crippen LogP contribution is -2.03. The highest BCUT2D eigenvalue weighted by molar-refractivity contribution is 6.31. The number of aromatic nitrogens is 2. The summed E-state index contributed by atoms with van der Waals surface area (Å²) in [6.07, 6.45) is 0. The van der Waals surface area contributed by atoms with E-state index in [1.807, 2.05) is 0 Å². The largest absolute Gasteiger partial charge is 0.292 e. The molecule has 0 amide bonds. The van der Waals surface area contributed by atoms with E-state index in [0.29, 0.717) is 21.9 Å². The van der Waals surface area contributed by atoms with Crippen LogP contribution in [-0.2, 0) is 5.88 Å². The molecule has 0 unspecified atom stereocenters. The summed E-state index contributed by atoms with van der Waals surface area (Å²) in [7, 11) is 0. The maximum Gasteiger partial charge on any atom is 0.182 e. The minimum absolute atomic E-state index is 0.0717. The Labute approximate surface area is 123 Å². The van der Waals surface area contributed by atoms with Crippen molar-refractivity contribution in [2.24, 2.45) is 0 Å². The molecule has 20 heavy (non-hydrogen) atoms. The van der Waals surface area contributed by atoms with E-state index in [9.17, 15) is 8.78 Å². The predicted octanol–water partition coefficient (Wildman–Crippen LogP) is 4.70. The Hall–Kier alpha value is -1.65. The van der Waals surface area contributed by atoms with Crippen molar-refractivity contribution in [3.63, 3.8) is 0 Å². The van der Waals surface area contributed by atoms with Gasteiger partial charge >= 0.3 is 0 Å². The van der Waals surface area contributed by atoms with Gasteiger partial charge in [-0.3, -0.25) is 4.57 Å². The zero-order valence-corrected chi connectivity index (χ0v) is 11.6. The number of benzene rings is 2. The summed E-state index contributed by atoms with van der Waals surface area (Å²) in [5.41, 5.74) is 1.27. The molecule has 1 heterocycles. The molecular weight excluding hydrogens is 305 g/mol. The van der Waals surface area contributed by atoms with Crippen molar-refractivity contribution in [2.75, 3.05) is 0 Å². The lowest BCUT2D eigenvalue weighted by atomic mass is 10.2. The van der Waals surface area contributed by atoms with E-state index in [1.165, 1.54) is 16.7 Å². The molecule has 0 aliphatic heterocycles. The first-order valence-electron chi connectivity index (χ1n) is 5.79. The summed E-state index contributed by atoms with van der Waals surface area (Å²) < 4.78 is 28.9. The van der Waals surface area contributed by atoms with Gasteiger partial charge in [-0.05, 0) is 30.3 Å². The molecule has 0 N–H and O–H groups in total. The molecule has 102 valence electrons. The van der Waals surface area contributed by atoms with Crippen molar-refractivity contribution < 1.29 is 8.78 Å². The third kappa shape index (κ3) is 2.05. The van der Waals surface area contributed by atoms with Crippen LogP contribution in [0.4, 0.5) is 8.78 Å². The van der Waals surface area contributed by atoms with Crippen LogP contribution in [0.5, 0.6) is 0 Å². The van der Waals surface area contributed by atoms with Gasteiger partial charge in [0, 0.05) is 5.02 Å². The average molecular weight is 313 g/mol. The molecule has 0 aliphatic rings. The van der Waals surface area contributed by atoms with Crippen molar-refractivity contribution in [2.45, 2.75) is 5.88 Å². The van der Waals surface area contributed by atoms with Crippen molar-refractivity contribution in [3.8, 4) is 5.69 Å². The fourth-order valence-corrected chi connectivity index (χ4v) is 2.47. The smallest absolute Gasteiger partial charge is 0.182 e. The van der Waals surface area contributed by atoms with Gasteiger partial charge in [-0.2, -0.15) is 0 Å². The Morgan fingerprint density at radius 1 is 1.15 bits per heavy atom. The molecule has 3 aromatic rings. The van der Waals surface area contributed by atoms with Crippen LogP contribution in [0, 0.1) is 11.6 Å². The molecule has 0 saturated carbocycles. The SMILES string of the molecule is Fc1cccc(-n2c(CCl)nc3cc(Cl)ccc32)c1F. The zero-order valence-electron chi connectivity index (χ0n) is 10.1. The first-order valence-corrected chi connectivity index (χ1v) is 6.70. The Bertz CT molecular complexity index is 799. The molecule has 3 rings (SSSR count). The van der Waals surface area contributed by atoms with Crippen LogP contribution in [0.3, 0.4) is 0 Å². The molecule has 0 aliphatic carbocycles. The molecule has 0 spiro atoms.